The van der Waals surface area contributed by atoms with E-state index in [0.29, 0.717) is 28.6 Å². The Morgan fingerprint density at radius 3 is 2.06 bits per heavy atom. The SMILES string of the molecule is COc1cc(C(=O)N=Nc2ccc(NOC(=O)Cc3ccccc3)cc2)cc(OC)c1OC. The lowest BCUT2D eigenvalue weighted by atomic mass is 10.1. The molecule has 1 N–H and O–H groups in total. The van der Waals surface area contributed by atoms with E-state index in [9.17, 15) is 9.59 Å². The molecule has 0 aromatic heterocycles. The lowest BCUT2D eigenvalue weighted by molar-refractivity contribution is -0.139. The topological polar surface area (TPSA) is 108 Å². The molecule has 9 heteroatoms. The standard InChI is InChI=1S/C24H23N3O6/c1-30-20-14-17(15-21(31-2)23(20)32-3)24(29)26-25-18-9-11-19(12-10-18)27-33-22(28)13-16-7-5-4-6-8-16/h4-12,14-15,27H,13H2,1-3H3. The molecule has 0 saturated carbocycles. The number of amides is 1. The summed E-state index contributed by atoms with van der Waals surface area (Å²) in [5.74, 6) is 0.0635. The first-order valence-electron chi connectivity index (χ1n) is 9.89. The minimum atomic E-state index is -0.578. The molecule has 0 atom stereocenters. The van der Waals surface area contributed by atoms with Crippen molar-refractivity contribution in [3.05, 3.63) is 77.9 Å². The van der Waals surface area contributed by atoms with Gasteiger partial charge in [0.1, 0.15) is 0 Å². The van der Waals surface area contributed by atoms with Crippen LogP contribution >= 0.6 is 0 Å². The van der Waals surface area contributed by atoms with Gasteiger partial charge in [-0.25, -0.2) is 10.3 Å². The van der Waals surface area contributed by atoms with Crippen LogP contribution in [-0.2, 0) is 16.1 Å². The Hall–Kier alpha value is -4.40. The maximum absolute atomic E-state index is 12.5. The average molecular weight is 449 g/mol. The minimum absolute atomic E-state index is 0.156. The summed E-state index contributed by atoms with van der Waals surface area (Å²) in [4.78, 5) is 29.4. The molecule has 0 unspecified atom stereocenters. The normalized spacial score (nSPS) is 10.5. The fourth-order valence-corrected chi connectivity index (χ4v) is 2.88. The molecule has 1 amide bonds. The second-order valence-electron chi connectivity index (χ2n) is 6.70. The van der Waals surface area contributed by atoms with E-state index in [-0.39, 0.29) is 12.0 Å². The highest BCUT2D eigenvalue weighted by atomic mass is 16.7. The number of ether oxygens (including phenoxy) is 3. The molecule has 0 aliphatic carbocycles. The van der Waals surface area contributed by atoms with E-state index < -0.39 is 11.9 Å². The number of benzene rings is 3. The van der Waals surface area contributed by atoms with Crippen LogP contribution in [0.4, 0.5) is 11.4 Å². The van der Waals surface area contributed by atoms with Crippen LogP contribution in [0, 0.1) is 0 Å². The Balaban J connectivity index is 1.59. The first-order valence-corrected chi connectivity index (χ1v) is 9.89. The maximum atomic E-state index is 12.5. The van der Waals surface area contributed by atoms with E-state index >= 15 is 0 Å². The monoisotopic (exact) mass is 449 g/mol. The molecule has 3 aromatic carbocycles. The van der Waals surface area contributed by atoms with Crippen LogP contribution in [0.2, 0.25) is 0 Å². The number of hydrogen-bond acceptors (Lipinski definition) is 8. The molecular formula is C24H23N3O6. The van der Waals surface area contributed by atoms with Gasteiger partial charge in [0.05, 0.1) is 44.7 Å². The second kappa shape index (κ2) is 11.3. The van der Waals surface area contributed by atoms with Crippen molar-refractivity contribution < 1.29 is 28.6 Å². The van der Waals surface area contributed by atoms with Crippen LogP contribution in [-0.4, -0.2) is 33.2 Å². The molecule has 0 bridgehead atoms. The molecular weight excluding hydrogens is 426 g/mol. The van der Waals surface area contributed by atoms with E-state index in [4.69, 9.17) is 19.0 Å². The van der Waals surface area contributed by atoms with Gasteiger partial charge in [-0.1, -0.05) is 30.3 Å². The summed E-state index contributed by atoms with van der Waals surface area (Å²) in [7, 11) is 4.40. The number of carbonyl (C=O) groups is 2. The Labute approximate surface area is 190 Å². The van der Waals surface area contributed by atoms with Crippen LogP contribution in [0.25, 0.3) is 0 Å². The summed E-state index contributed by atoms with van der Waals surface area (Å²) in [5, 5.41) is 7.71. The van der Waals surface area contributed by atoms with Gasteiger partial charge in [0.25, 0.3) is 5.91 Å². The Bertz CT molecular complexity index is 1110. The van der Waals surface area contributed by atoms with E-state index in [1.54, 1.807) is 24.3 Å². The fourth-order valence-electron chi connectivity index (χ4n) is 2.88. The minimum Gasteiger partial charge on any atom is -0.493 e. The van der Waals surface area contributed by atoms with Crippen LogP contribution in [0.1, 0.15) is 15.9 Å². The molecule has 0 heterocycles. The molecule has 0 fully saturated rings. The number of rotatable bonds is 9. The molecule has 0 saturated heterocycles. The third-order valence-corrected chi connectivity index (χ3v) is 4.51. The number of anilines is 1. The van der Waals surface area contributed by atoms with E-state index in [1.165, 1.54) is 33.5 Å². The van der Waals surface area contributed by atoms with E-state index in [2.05, 4.69) is 15.7 Å². The zero-order chi connectivity index (χ0) is 23.6. The predicted octanol–water partition coefficient (Wildman–Crippen LogP) is 4.75. The van der Waals surface area contributed by atoms with Gasteiger partial charge < -0.3 is 19.0 Å². The summed E-state index contributed by atoms with van der Waals surface area (Å²) in [6.07, 6.45) is 0.156. The summed E-state index contributed by atoms with van der Waals surface area (Å²) in [5.41, 5.74) is 4.67. The number of azo groups is 1. The lowest BCUT2D eigenvalue weighted by Crippen LogP contribution is -2.12. The lowest BCUT2D eigenvalue weighted by Gasteiger charge is -2.12. The number of methoxy groups -OCH3 is 3. The van der Waals surface area contributed by atoms with Gasteiger partial charge in [-0.15, -0.1) is 10.2 Å². The van der Waals surface area contributed by atoms with Crippen molar-refractivity contribution in [2.45, 2.75) is 6.42 Å². The van der Waals surface area contributed by atoms with Gasteiger partial charge in [0, 0.05) is 0 Å². The zero-order valence-corrected chi connectivity index (χ0v) is 18.4. The van der Waals surface area contributed by atoms with Crippen molar-refractivity contribution in [2.75, 3.05) is 26.8 Å². The molecule has 0 aliphatic rings. The first kappa shape index (κ1) is 23.3. The molecule has 0 spiro atoms. The highest BCUT2D eigenvalue weighted by Gasteiger charge is 2.16. The van der Waals surface area contributed by atoms with E-state index in [1.807, 2.05) is 30.3 Å². The van der Waals surface area contributed by atoms with Crippen LogP contribution < -0.4 is 19.7 Å². The van der Waals surface area contributed by atoms with Crippen LogP contribution in [0.5, 0.6) is 17.2 Å². The van der Waals surface area contributed by atoms with Gasteiger partial charge >= 0.3 is 5.97 Å². The van der Waals surface area contributed by atoms with Gasteiger partial charge in [-0.3, -0.25) is 4.79 Å². The molecule has 3 aromatic rings. The second-order valence-corrected chi connectivity index (χ2v) is 6.70. The predicted molar refractivity (Wildman–Crippen MR) is 121 cm³/mol. The molecule has 33 heavy (non-hydrogen) atoms. The summed E-state index contributed by atoms with van der Waals surface area (Å²) in [6.45, 7) is 0. The van der Waals surface area contributed by atoms with Gasteiger partial charge in [0.15, 0.2) is 11.5 Å². The summed E-state index contributed by atoms with van der Waals surface area (Å²) >= 11 is 0. The summed E-state index contributed by atoms with van der Waals surface area (Å²) in [6, 6.07) is 18.8. The van der Waals surface area contributed by atoms with Crippen molar-refractivity contribution in [2.24, 2.45) is 10.2 Å². The van der Waals surface area contributed by atoms with Gasteiger partial charge in [0.2, 0.25) is 5.75 Å². The average Bonchev–Trinajstić information content (AvgIpc) is 2.86. The highest BCUT2D eigenvalue weighted by molar-refractivity contribution is 5.96. The number of nitrogens with one attached hydrogen (secondary N) is 1. The van der Waals surface area contributed by atoms with E-state index in [0.717, 1.165) is 5.56 Å². The van der Waals surface area contributed by atoms with Crippen molar-refractivity contribution in [3.8, 4) is 17.2 Å². The number of nitrogens with zero attached hydrogens (tertiary/aromatic N) is 2. The van der Waals surface area contributed by atoms with Crippen molar-refractivity contribution >= 4 is 23.3 Å². The first-order chi connectivity index (χ1) is 16.0. The van der Waals surface area contributed by atoms with Crippen molar-refractivity contribution in [1.82, 2.24) is 0 Å². The van der Waals surface area contributed by atoms with Gasteiger partial charge in [-0.05, 0) is 42.0 Å². The van der Waals surface area contributed by atoms with Crippen molar-refractivity contribution in [3.63, 3.8) is 0 Å². The molecule has 0 radical (unpaired) electrons. The van der Waals surface area contributed by atoms with Crippen LogP contribution in [0.15, 0.2) is 77.0 Å². The summed E-state index contributed by atoms with van der Waals surface area (Å²) < 4.78 is 15.7. The maximum Gasteiger partial charge on any atom is 0.336 e. The van der Waals surface area contributed by atoms with Crippen molar-refractivity contribution in [1.29, 1.82) is 0 Å². The molecule has 3 rings (SSSR count). The van der Waals surface area contributed by atoms with Crippen LogP contribution in [0.3, 0.4) is 0 Å². The number of hydrogen-bond donors (Lipinski definition) is 1. The largest absolute Gasteiger partial charge is 0.493 e. The van der Waals surface area contributed by atoms with Gasteiger partial charge in [-0.2, -0.15) is 0 Å². The zero-order valence-electron chi connectivity index (χ0n) is 18.4. The Morgan fingerprint density at radius 1 is 0.848 bits per heavy atom. The quantitative estimate of drug-likeness (QED) is 0.371. The Morgan fingerprint density at radius 2 is 1.48 bits per heavy atom. The molecule has 0 aliphatic heterocycles. The third-order valence-electron chi connectivity index (χ3n) is 4.51. The number of carbonyl (C=O) groups excluding carboxylic acids is 2. The smallest absolute Gasteiger partial charge is 0.336 e. The highest BCUT2D eigenvalue weighted by Crippen LogP contribution is 2.38. The molecule has 170 valence electrons. The third kappa shape index (κ3) is 6.30. The Kier molecular flexibility index (Phi) is 7.96. The molecule has 9 nitrogen and oxygen atoms in total. The fraction of sp³-hybridized carbons (Fsp3) is 0.167.